The Bertz CT molecular complexity index is 948. The van der Waals surface area contributed by atoms with E-state index in [0.717, 1.165) is 23.3 Å². The summed E-state index contributed by atoms with van der Waals surface area (Å²) in [6.07, 6.45) is 0.951. The molecular weight excluding hydrogens is 406 g/mol. The van der Waals surface area contributed by atoms with Gasteiger partial charge >= 0.3 is 0 Å². The van der Waals surface area contributed by atoms with Gasteiger partial charge in [-0.05, 0) is 44.5 Å². The van der Waals surface area contributed by atoms with Gasteiger partial charge in [0.25, 0.3) is 0 Å². The number of nitrogens with one attached hydrogen (secondary N) is 3. The maximum atomic E-state index is 12.2. The third-order valence-corrected chi connectivity index (χ3v) is 5.13. The monoisotopic (exact) mass is 431 g/mol. The molecule has 2 aromatic carbocycles. The summed E-state index contributed by atoms with van der Waals surface area (Å²) >= 11 is 6.05. The van der Waals surface area contributed by atoms with Crippen LogP contribution in [0.2, 0.25) is 5.02 Å². The van der Waals surface area contributed by atoms with Gasteiger partial charge in [-0.1, -0.05) is 17.7 Å². The van der Waals surface area contributed by atoms with Gasteiger partial charge in [-0.3, -0.25) is 9.59 Å². The number of carbonyl (C=O) groups excluding carboxylic acids is 2. The van der Waals surface area contributed by atoms with Gasteiger partial charge in [0.2, 0.25) is 11.8 Å². The van der Waals surface area contributed by atoms with Gasteiger partial charge in [0, 0.05) is 28.8 Å². The molecule has 0 spiro atoms. The first-order valence-corrected chi connectivity index (χ1v) is 10.3. The van der Waals surface area contributed by atoms with E-state index in [-0.39, 0.29) is 31.0 Å². The first kappa shape index (κ1) is 21.8. The van der Waals surface area contributed by atoms with E-state index >= 15 is 0 Å². The fraction of sp³-hybridized carbons (Fsp3) is 0.364. The van der Waals surface area contributed by atoms with E-state index in [1.165, 1.54) is 0 Å². The highest BCUT2D eigenvalue weighted by molar-refractivity contribution is 6.31. The smallest absolute Gasteiger partial charge is 0.243 e. The van der Waals surface area contributed by atoms with E-state index in [9.17, 15) is 9.59 Å². The number of ether oxygens (including phenoxy) is 2. The van der Waals surface area contributed by atoms with Gasteiger partial charge in [-0.15, -0.1) is 0 Å². The molecule has 1 aliphatic heterocycles. The Morgan fingerprint density at radius 2 is 2.00 bits per heavy atom. The molecule has 3 N–H and O–H groups in total. The van der Waals surface area contributed by atoms with E-state index in [1.54, 1.807) is 18.2 Å². The summed E-state index contributed by atoms with van der Waals surface area (Å²) in [4.78, 5) is 24.3. The normalized spacial score (nSPS) is 14.5. The molecule has 2 amide bonds. The molecule has 7 nitrogen and oxygen atoms in total. The van der Waals surface area contributed by atoms with Gasteiger partial charge < -0.3 is 25.4 Å². The zero-order chi connectivity index (χ0) is 21.7. The molecule has 1 heterocycles. The van der Waals surface area contributed by atoms with Crippen LogP contribution in [-0.2, 0) is 16.0 Å². The van der Waals surface area contributed by atoms with Gasteiger partial charge in [0.1, 0.15) is 17.6 Å². The fourth-order valence-electron chi connectivity index (χ4n) is 3.21. The molecule has 0 fully saturated rings. The maximum Gasteiger partial charge on any atom is 0.243 e. The molecule has 8 heteroatoms. The molecule has 2 aromatic rings. The number of benzene rings is 2. The van der Waals surface area contributed by atoms with Crippen LogP contribution in [-0.4, -0.2) is 37.6 Å². The van der Waals surface area contributed by atoms with Crippen molar-refractivity contribution in [1.29, 1.82) is 0 Å². The average molecular weight is 432 g/mol. The minimum absolute atomic E-state index is 0.00210. The fourth-order valence-corrected chi connectivity index (χ4v) is 3.38. The Kier molecular flexibility index (Phi) is 7.05. The molecule has 1 atom stereocenters. The van der Waals surface area contributed by atoms with Crippen molar-refractivity contribution in [3.8, 4) is 11.5 Å². The predicted molar refractivity (Wildman–Crippen MR) is 118 cm³/mol. The van der Waals surface area contributed by atoms with Crippen molar-refractivity contribution >= 4 is 34.8 Å². The summed E-state index contributed by atoms with van der Waals surface area (Å²) in [6.45, 7) is 6.10. The van der Waals surface area contributed by atoms with Gasteiger partial charge in [0.05, 0.1) is 25.4 Å². The minimum atomic E-state index is -0.330. The standard InChI is InChI=1S/C22H26ClN3O4/c1-4-29-20-9-15-8-13(2)30-19(15)10-18(20)24-11-21(27)25-12-22(28)26-17-7-5-6-16(23)14(17)3/h5-7,9-10,13,24H,4,8,11-12H2,1-3H3,(H,25,27)(H,26,28)/t13-/m1/s1. The first-order chi connectivity index (χ1) is 14.4. The van der Waals surface area contributed by atoms with Crippen LogP contribution in [0, 0.1) is 6.92 Å². The highest BCUT2D eigenvalue weighted by Crippen LogP contribution is 2.37. The Morgan fingerprint density at radius 3 is 2.77 bits per heavy atom. The van der Waals surface area contributed by atoms with Crippen LogP contribution in [0.5, 0.6) is 11.5 Å². The molecule has 0 aromatic heterocycles. The third-order valence-electron chi connectivity index (χ3n) is 4.73. The molecule has 3 rings (SSSR count). The number of halogens is 1. The second kappa shape index (κ2) is 9.71. The Hall–Kier alpha value is -2.93. The SMILES string of the molecule is CCOc1cc2c(cc1NCC(=O)NCC(=O)Nc1cccc(Cl)c1C)O[C@H](C)C2. The lowest BCUT2D eigenvalue weighted by Gasteiger charge is -2.14. The van der Waals surface area contributed by atoms with Crippen molar-refractivity contribution in [3.63, 3.8) is 0 Å². The van der Waals surface area contributed by atoms with Crippen molar-refractivity contribution in [3.05, 3.63) is 46.5 Å². The number of anilines is 2. The molecule has 160 valence electrons. The lowest BCUT2D eigenvalue weighted by molar-refractivity contribution is -0.122. The minimum Gasteiger partial charge on any atom is -0.492 e. The molecule has 0 unspecified atom stereocenters. The lowest BCUT2D eigenvalue weighted by Crippen LogP contribution is -2.36. The van der Waals surface area contributed by atoms with E-state index in [2.05, 4.69) is 16.0 Å². The van der Waals surface area contributed by atoms with Crippen molar-refractivity contribution in [2.24, 2.45) is 0 Å². The largest absolute Gasteiger partial charge is 0.492 e. The predicted octanol–water partition coefficient (Wildman–Crippen LogP) is 3.54. The molecule has 0 saturated carbocycles. The number of fused-ring (bicyclic) bond motifs is 1. The van der Waals surface area contributed by atoms with Gasteiger partial charge in [0.15, 0.2) is 0 Å². The quantitative estimate of drug-likeness (QED) is 0.595. The Morgan fingerprint density at radius 1 is 1.20 bits per heavy atom. The van der Waals surface area contributed by atoms with Crippen molar-refractivity contribution in [2.45, 2.75) is 33.3 Å². The number of hydrogen-bond donors (Lipinski definition) is 3. The van der Waals surface area contributed by atoms with E-state index in [0.29, 0.717) is 28.8 Å². The van der Waals surface area contributed by atoms with Crippen molar-refractivity contribution < 1.29 is 19.1 Å². The number of rotatable bonds is 8. The van der Waals surface area contributed by atoms with Crippen LogP contribution < -0.4 is 25.4 Å². The number of amides is 2. The highest BCUT2D eigenvalue weighted by atomic mass is 35.5. The second-order valence-electron chi connectivity index (χ2n) is 7.11. The Balaban J connectivity index is 1.53. The molecule has 0 bridgehead atoms. The van der Waals surface area contributed by atoms with E-state index < -0.39 is 0 Å². The van der Waals surface area contributed by atoms with Crippen LogP contribution in [0.15, 0.2) is 30.3 Å². The highest BCUT2D eigenvalue weighted by Gasteiger charge is 2.22. The van der Waals surface area contributed by atoms with Crippen LogP contribution in [0.4, 0.5) is 11.4 Å². The van der Waals surface area contributed by atoms with Crippen LogP contribution in [0.1, 0.15) is 25.0 Å². The molecular formula is C22H26ClN3O4. The summed E-state index contributed by atoms with van der Waals surface area (Å²) in [5.41, 5.74) is 3.17. The molecule has 0 aliphatic carbocycles. The summed E-state index contributed by atoms with van der Waals surface area (Å²) in [5.74, 6) is 0.829. The van der Waals surface area contributed by atoms with Crippen LogP contribution >= 0.6 is 11.6 Å². The average Bonchev–Trinajstić information content (AvgIpc) is 3.07. The molecule has 30 heavy (non-hydrogen) atoms. The summed E-state index contributed by atoms with van der Waals surface area (Å²) < 4.78 is 11.5. The topological polar surface area (TPSA) is 88.7 Å². The summed E-state index contributed by atoms with van der Waals surface area (Å²) in [6, 6.07) is 9.06. The first-order valence-electron chi connectivity index (χ1n) is 9.89. The lowest BCUT2D eigenvalue weighted by atomic mass is 10.1. The van der Waals surface area contributed by atoms with E-state index in [4.69, 9.17) is 21.1 Å². The zero-order valence-electron chi connectivity index (χ0n) is 17.3. The summed E-state index contributed by atoms with van der Waals surface area (Å²) in [7, 11) is 0. The summed E-state index contributed by atoms with van der Waals surface area (Å²) in [5, 5.41) is 8.98. The zero-order valence-corrected chi connectivity index (χ0v) is 18.1. The third kappa shape index (κ3) is 5.36. The Labute approximate surface area is 181 Å². The number of carbonyl (C=O) groups is 2. The van der Waals surface area contributed by atoms with Crippen LogP contribution in [0.3, 0.4) is 0 Å². The van der Waals surface area contributed by atoms with E-state index in [1.807, 2.05) is 32.9 Å². The number of hydrogen-bond acceptors (Lipinski definition) is 5. The van der Waals surface area contributed by atoms with Gasteiger partial charge in [-0.25, -0.2) is 0 Å². The van der Waals surface area contributed by atoms with Crippen LogP contribution in [0.25, 0.3) is 0 Å². The van der Waals surface area contributed by atoms with Gasteiger partial charge in [-0.2, -0.15) is 0 Å². The van der Waals surface area contributed by atoms with Crippen molar-refractivity contribution in [1.82, 2.24) is 5.32 Å². The molecule has 0 radical (unpaired) electrons. The van der Waals surface area contributed by atoms with Crippen molar-refractivity contribution in [2.75, 3.05) is 30.3 Å². The second-order valence-corrected chi connectivity index (χ2v) is 7.52. The molecule has 0 saturated heterocycles. The molecule has 1 aliphatic rings. The maximum absolute atomic E-state index is 12.2.